The summed E-state index contributed by atoms with van der Waals surface area (Å²) in [4.78, 5) is 8.72. The Hall–Kier alpha value is -1.57. The van der Waals surface area contributed by atoms with Crippen LogP contribution in [0.4, 0.5) is 5.13 Å². The maximum absolute atomic E-state index is 5.79. The van der Waals surface area contributed by atoms with Gasteiger partial charge in [0.05, 0.1) is 12.7 Å². The molecule has 3 heterocycles. The van der Waals surface area contributed by atoms with E-state index >= 15 is 0 Å². The Bertz CT molecular complexity index is 574. The second-order valence-electron chi connectivity index (χ2n) is 5.31. The van der Waals surface area contributed by atoms with E-state index in [4.69, 9.17) is 4.74 Å². The van der Waals surface area contributed by atoms with Crippen LogP contribution in [0.2, 0.25) is 0 Å². The van der Waals surface area contributed by atoms with Crippen LogP contribution in [0.1, 0.15) is 0 Å². The smallest absolute Gasteiger partial charge is 0.208 e. The largest absolute Gasteiger partial charge is 0.373 e. The molecule has 0 aliphatic carbocycles. The topological polar surface area (TPSA) is 54.4 Å². The fourth-order valence-electron chi connectivity index (χ4n) is 2.35. The Morgan fingerprint density at radius 1 is 1.38 bits per heavy atom. The molecule has 6 nitrogen and oxygen atoms in total. The van der Waals surface area contributed by atoms with Crippen molar-refractivity contribution in [1.29, 1.82) is 0 Å². The van der Waals surface area contributed by atoms with Crippen molar-refractivity contribution in [2.75, 3.05) is 45.2 Å². The third-order valence-electron chi connectivity index (χ3n) is 3.28. The predicted octanol–water partition coefficient (Wildman–Crippen LogP) is 1.37. The summed E-state index contributed by atoms with van der Waals surface area (Å²) >= 11 is 1.59. The second kappa shape index (κ2) is 6.46. The summed E-state index contributed by atoms with van der Waals surface area (Å²) in [5.74, 6) is 0. The highest BCUT2D eigenvalue weighted by Crippen LogP contribution is 2.28. The van der Waals surface area contributed by atoms with E-state index in [0.29, 0.717) is 0 Å². The van der Waals surface area contributed by atoms with Crippen LogP contribution in [0.15, 0.2) is 24.4 Å². The molecule has 1 saturated heterocycles. The number of rotatable bonds is 4. The van der Waals surface area contributed by atoms with Gasteiger partial charge in [0.2, 0.25) is 5.13 Å². The van der Waals surface area contributed by atoms with Crippen molar-refractivity contribution in [3.05, 3.63) is 24.4 Å². The zero-order valence-corrected chi connectivity index (χ0v) is 13.1. The Balaban J connectivity index is 1.71. The molecule has 7 heteroatoms. The second-order valence-corrected chi connectivity index (χ2v) is 6.26. The molecule has 0 radical (unpaired) electrons. The fraction of sp³-hybridized carbons (Fsp3) is 0.500. The molecule has 112 valence electrons. The highest BCUT2D eigenvalue weighted by Gasteiger charge is 2.23. The lowest BCUT2D eigenvalue weighted by Crippen LogP contribution is -2.46. The number of pyridine rings is 1. The monoisotopic (exact) mass is 305 g/mol. The van der Waals surface area contributed by atoms with Crippen LogP contribution in [0.5, 0.6) is 0 Å². The molecule has 1 aliphatic rings. The number of hydrogen-bond acceptors (Lipinski definition) is 7. The summed E-state index contributed by atoms with van der Waals surface area (Å²) in [5, 5.41) is 10.4. The molecule has 2 aromatic rings. The SMILES string of the molecule is CN(C)CC1CN(c2nnc(-c3ccccn3)s2)CCO1. The molecule has 1 fully saturated rings. The van der Waals surface area contributed by atoms with Gasteiger partial charge in [-0.15, -0.1) is 10.2 Å². The van der Waals surface area contributed by atoms with Crippen LogP contribution >= 0.6 is 11.3 Å². The molecular weight excluding hydrogens is 286 g/mol. The third-order valence-corrected chi connectivity index (χ3v) is 4.28. The number of likely N-dealkylation sites (N-methyl/N-ethyl adjacent to an activating group) is 1. The first-order valence-corrected chi connectivity index (χ1v) is 7.80. The molecule has 1 aliphatic heterocycles. The lowest BCUT2D eigenvalue weighted by atomic mass is 10.3. The van der Waals surface area contributed by atoms with E-state index in [1.807, 2.05) is 18.2 Å². The molecule has 1 atom stereocenters. The average Bonchev–Trinajstić information content (AvgIpc) is 2.98. The molecule has 0 aromatic carbocycles. The van der Waals surface area contributed by atoms with E-state index in [1.165, 1.54) is 0 Å². The van der Waals surface area contributed by atoms with E-state index in [9.17, 15) is 0 Å². The fourth-order valence-corrected chi connectivity index (χ4v) is 3.20. The van der Waals surface area contributed by atoms with Crippen LogP contribution in [0.25, 0.3) is 10.7 Å². The van der Waals surface area contributed by atoms with Gasteiger partial charge in [-0.1, -0.05) is 17.4 Å². The molecule has 21 heavy (non-hydrogen) atoms. The van der Waals surface area contributed by atoms with E-state index in [1.54, 1.807) is 17.5 Å². The van der Waals surface area contributed by atoms with Gasteiger partial charge < -0.3 is 14.5 Å². The van der Waals surface area contributed by atoms with Gasteiger partial charge in [-0.2, -0.15) is 0 Å². The first kappa shape index (κ1) is 14.4. The maximum Gasteiger partial charge on any atom is 0.208 e. The van der Waals surface area contributed by atoms with E-state index in [-0.39, 0.29) is 6.10 Å². The minimum Gasteiger partial charge on any atom is -0.373 e. The molecular formula is C14H19N5OS. The molecule has 3 rings (SSSR count). The number of hydrogen-bond donors (Lipinski definition) is 0. The molecule has 2 aromatic heterocycles. The zero-order chi connectivity index (χ0) is 14.7. The van der Waals surface area contributed by atoms with Crippen LogP contribution in [0.3, 0.4) is 0 Å². The standard InChI is InChI=1S/C14H19N5OS/c1-18(2)9-11-10-19(7-8-20-11)14-17-16-13(21-14)12-5-3-4-6-15-12/h3-6,11H,7-10H2,1-2H3. The predicted molar refractivity (Wildman–Crippen MR) is 83.6 cm³/mol. The van der Waals surface area contributed by atoms with Gasteiger partial charge in [-0.05, 0) is 26.2 Å². The van der Waals surface area contributed by atoms with Crippen molar-refractivity contribution in [2.45, 2.75) is 6.10 Å². The third kappa shape index (κ3) is 3.55. The minimum atomic E-state index is 0.218. The lowest BCUT2D eigenvalue weighted by molar-refractivity contribution is 0.0247. The number of morpholine rings is 1. The summed E-state index contributed by atoms with van der Waals surface area (Å²) < 4.78 is 5.79. The first-order chi connectivity index (χ1) is 10.2. The van der Waals surface area contributed by atoms with Gasteiger partial charge >= 0.3 is 0 Å². The van der Waals surface area contributed by atoms with Crippen LogP contribution < -0.4 is 4.90 Å². The highest BCUT2D eigenvalue weighted by molar-refractivity contribution is 7.18. The van der Waals surface area contributed by atoms with E-state index in [0.717, 1.165) is 42.1 Å². The first-order valence-electron chi connectivity index (χ1n) is 6.98. The summed E-state index contributed by atoms with van der Waals surface area (Å²) in [6, 6.07) is 5.82. The molecule has 1 unspecified atom stereocenters. The summed E-state index contributed by atoms with van der Waals surface area (Å²) in [6.45, 7) is 3.37. The molecule has 0 amide bonds. The van der Waals surface area contributed by atoms with Crippen LogP contribution in [-0.2, 0) is 4.74 Å². The van der Waals surface area contributed by atoms with Gasteiger partial charge in [0.25, 0.3) is 0 Å². The average molecular weight is 305 g/mol. The van der Waals surface area contributed by atoms with Gasteiger partial charge in [0.1, 0.15) is 5.69 Å². The van der Waals surface area contributed by atoms with Crippen molar-refractivity contribution in [1.82, 2.24) is 20.1 Å². The Morgan fingerprint density at radius 2 is 2.29 bits per heavy atom. The van der Waals surface area contributed by atoms with Gasteiger partial charge in [-0.25, -0.2) is 0 Å². The van der Waals surface area contributed by atoms with Crippen LogP contribution in [-0.4, -0.2) is 66.5 Å². The number of aromatic nitrogens is 3. The zero-order valence-electron chi connectivity index (χ0n) is 12.3. The number of ether oxygens (including phenoxy) is 1. The molecule has 0 spiro atoms. The van der Waals surface area contributed by atoms with Gasteiger partial charge in [0.15, 0.2) is 5.01 Å². The number of nitrogens with zero attached hydrogens (tertiary/aromatic N) is 5. The molecule has 0 N–H and O–H groups in total. The highest BCUT2D eigenvalue weighted by atomic mass is 32.1. The Labute approximate surface area is 128 Å². The van der Waals surface area contributed by atoms with Crippen LogP contribution in [0, 0.1) is 0 Å². The van der Waals surface area contributed by atoms with Crippen molar-refractivity contribution < 1.29 is 4.74 Å². The van der Waals surface area contributed by atoms with Crippen molar-refractivity contribution >= 4 is 16.5 Å². The van der Waals surface area contributed by atoms with Crippen molar-refractivity contribution in [2.24, 2.45) is 0 Å². The summed E-state index contributed by atoms with van der Waals surface area (Å²) in [7, 11) is 4.12. The Kier molecular flexibility index (Phi) is 4.42. The molecule has 0 bridgehead atoms. The number of anilines is 1. The van der Waals surface area contributed by atoms with E-state index < -0.39 is 0 Å². The summed E-state index contributed by atoms with van der Waals surface area (Å²) in [6.07, 6.45) is 1.99. The van der Waals surface area contributed by atoms with E-state index in [2.05, 4.69) is 39.1 Å². The lowest BCUT2D eigenvalue weighted by Gasteiger charge is -2.33. The Morgan fingerprint density at radius 3 is 3.05 bits per heavy atom. The molecule has 0 saturated carbocycles. The van der Waals surface area contributed by atoms with Gasteiger partial charge in [0, 0.05) is 25.8 Å². The maximum atomic E-state index is 5.79. The van der Waals surface area contributed by atoms with Crippen molar-refractivity contribution in [3.63, 3.8) is 0 Å². The van der Waals surface area contributed by atoms with Gasteiger partial charge in [-0.3, -0.25) is 4.98 Å². The quantitative estimate of drug-likeness (QED) is 0.850. The normalized spacial score (nSPS) is 19.2. The summed E-state index contributed by atoms with van der Waals surface area (Å²) in [5.41, 5.74) is 0.874. The van der Waals surface area contributed by atoms with Crippen molar-refractivity contribution in [3.8, 4) is 10.7 Å². The minimum absolute atomic E-state index is 0.218.